The smallest absolute Gasteiger partial charge is 0.217 e. The lowest BCUT2D eigenvalue weighted by molar-refractivity contribution is 0.382. The molecule has 2 aromatic heterocycles. The summed E-state index contributed by atoms with van der Waals surface area (Å²) < 4.78 is 7.03. The van der Waals surface area contributed by atoms with E-state index in [9.17, 15) is 0 Å². The lowest BCUT2D eigenvalue weighted by Crippen LogP contribution is -2.24. The Labute approximate surface area is 112 Å². The number of aryl methyl sites for hydroxylation is 1. The standard InChI is InChI=1S/C13H19N5O/c1-4-14-12(8-10-9-18(2)17-16-10)11-6-5-7-15-13(11)19-3/h5-7,9,12,14H,4,8H2,1-3H3. The minimum atomic E-state index is 0.116. The molecule has 102 valence electrons. The fourth-order valence-corrected chi connectivity index (χ4v) is 2.08. The minimum Gasteiger partial charge on any atom is -0.481 e. The Bertz CT molecular complexity index is 525. The van der Waals surface area contributed by atoms with Crippen molar-refractivity contribution < 1.29 is 4.74 Å². The van der Waals surface area contributed by atoms with Crippen LogP contribution in [0.1, 0.15) is 24.2 Å². The number of ether oxygens (including phenoxy) is 1. The normalized spacial score (nSPS) is 12.4. The molecule has 0 amide bonds. The zero-order valence-electron chi connectivity index (χ0n) is 11.5. The van der Waals surface area contributed by atoms with E-state index in [0.717, 1.165) is 24.2 Å². The van der Waals surface area contributed by atoms with Crippen LogP contribution in [0.2, 0.25) is 0 Å². The summed E-state index contributed by atoms with van der Waals surface area (Å²) in [6, 6.07) is 4.05. The van der Waals surface area contributed by atoms with E-state index in [2.05, 4.69) is 27.5 Å². The number of nitrogens with one attached hydrogen (secondary N) is 1. The molecule has 0 aliphatic heterocycles. The molecule has 2 heterocycles. The molecule has 0 spiro atoms. The molecule has 2 aromatic rings. The van der Waals surface area contributed by atoms with E-state index in [1.165, 1.54) is 0 Å². The summed E-state index contributed by atoms with van der Waals surface area (Å²) in [6.07, 6.45) is 4.41. The maximum absolute atomic E-state index is 5.32. The summed E-state index contributed by atoms with van der Waals surface area (Å²) in [5, 5.41) is 11.5. The van der Waals surface area contributed by atoms with Gasteiger partial charge in [0.25, 0.3) is 0 Å². The third kappa shape index (κ3) is 3.29. The van der Waals surface area contributed by atoms with Gasteiger partial charge in [-0.15, -0.1) is 5.10 Å². The van der Waals surface area contributed by atoms with Gasteiger partial charge in [0.15, 0.2) is 0 Å². The highest BCUT2D eigenvalue weighted by Crippen LogP contribution is 2.24. The third-order valence-electron chi connectivity index (χ3n) is 2.88. The van der Waals surface area contributed by atoms with Gasteiger partial charge >= 0.3 is 0 Å². The number of hydrogen-bond donors (Lipinski definition) is 1. The van der Waals surface area contributed by atoms with Crippen molar-refractivity contribution in [1.82, 2.24) is 25.3 Å². The molecular formula is C13H19N5O. The predicted octanol–water partition coefficient (Wildman–Crippen LogP) is 1.11. The lowest BCUT2D eigenvalue weighted by Gasteiger charge is -2.18. The van der Waals surface area contributed by atoms with Crippen molar-refractivity contribution in [2.24, 2.45) is 7.05 Å². The number of rotatable bonds is 6. The van der Waals surface area contributed by atoms with Crippen molar-refractivity contribution in [2.75, 3.05) is 13.7 Å². The Hall–Kier alpha value is -1.95. The predicted molar refractivity (Wildman–Crippen MR) is 71.9 cm³/mol. The summed E-state index contributed by atoms with van der Waals surface area (Å²) in [4.78, 5) is 4.24. The Balaban J connectivity index is 2.23. The number of aromatic nitrogens is 4. The van der Waals surface area contributed by atoms with Crippen LogP contribution in [0.4, 0.5) is 0 Å². The third-order valence-corrected chi connectivity index (χ3v) is 2.88. The highest BCUT2D eigenvalue weighted by Gasteiger charge is 2.17. The molecule has 1 unspecified atom stereocenters. The Kier molecular flexibility index (Phi) is 4.46. The molecule has 1 N–H and O–H groups in total. The van der Waals surface area contributed by atoms with Crippen LogP contribution >= 0.6 is 0 Å². The zero-order chi connectivity index (χ0) is 13.7. The van der Waals surface area contributed by atoms with E-state index in [0.29, 0.717) is 5.88 Å². The van der Waals surface area contributed by atoms with Gasteiger partial charge in [0, 0.05) is 37.5 Å². The van der Waals surface area contributed by atoms with Gasteiger partial charge in [-0.05, 0) is 12.6 Å². The second-order valence-electron chi connectivity index (χ2n) is 4.30. The van der Waals surface area contributed by atoms with Gasteiger partial charge in [0.1, 0.15) is 0 Å². The van der Waals surface area contributed by atoms with Crippen molar-refractivity contribution in [3.05, 3.63) is 35.8 Å². The van der Waals surface area contributed by atoms with Crippen molar-refractivity contribution in [2.45, 2.75) is 19.4 Å². The topological polar surface area (TPSA) is 64.9 Å². The molecule has 0 saturated heterocycles. The molecule has 2 rings (SSSR count). The number of methoxy groups -OCH3 is 1. The monoisotopic (exact) mass is 261 g/mol. The van der Waals surface area contributed by atoms with Gasteiger partial charge in [0.2, 0.25) is 5.88 Å². The molecule has 1 atom stereocenters. The summed E-state index contributed by atoms with van der Waals surface area (Å²) in [5.41, 5.74) is 1.98. The van der Waals surface area contributed by atoms with E-state index in [1.807, 2.05) is 25.4 Å². The summed E-state index contributed by atoms with van der Waals surface area (Å²) in [5.74, 6) is 0.650. The Morgan fingerprint density at radius 3 is 2.95 bits per heavy atom. The summed E-state index contributed by atoms with van der Waals surface area (Å²) >= 11 is 0. The highest BCUT2D eigenvalue weighted by molar-refractivity contribution is 5.29. The zero-order valence-corrected chi connectivity index (χ0v) is 11.5. The quantitative estimate of drug-likeness (QED) is 0.844. The molecule has 0 saturated carbocycles. The van der Waals surface area contributed by atoms with E-state index < -0.39 is 0 Å². The summed E-state index contributed by atoms with van der Waals surface area (Å²) in [7, 11) is 3.50. The highest BCUT2D eigenvalue weighted by atomic mass is 16.5. The molecule has 6 heteroatoms. The molecule has 0 aromatic carbocycles. The van der Waals surface area contributed by atoms with Crippen molar-refractivity contribution in [3.63, 3.8) is 0 Å². The average molecular weight is 261 g/mol. The van der Waals surface area contributed by atoms with Crippen LogP contribution in [0.15, 0.2) is 24.5 Å². The number of nitrogens with zero attached hydrogens (tertiary/aromatic N) is 4. The largest absolute Gasteiger partial charge is 0.481 e. The number of pyridine rings is 1. The first-order chi connectivity index (χ1) is 9.24. The second kappa shape index (κ2) is 6.29. The van der Waals surface area contributed by atoms with E-state index >= 15 is 0 Å². The molecular weight excluding hydrogens is 242 g/mol. The number of likely N-dealkylation sites (N-methyl/N-ethyl adjacent to an activating group) is 1. The summed E-state index contributed by atoms with van der Waals surface area (Å²) in [6.45, 7) is 2.94. The maximum Gasteiger partial charge on any atom is 0.217 e. The van der Waals surface area contributed by atoms with E-state index in [1.54, 1.807) is 18.0 Å². The first kappa shape index (κ1) is 13.5. The van der Waals surface area contributed by atoms with Crippen LogP contribution in [0.5, 0.6) is 5.88 Å². The van der Waals surface area contributed by atoms with Gasteiger partial charge in [-0.1, -0.05) is 18.2 Å². The van der Waals surface area contributed by atoms with E-state index in [-0.39, 0.29) is 6.04 Å². The maximum atomic E-state index is 5.32. The SMILES string of the molecule is CCNC(Cc1cn(C)nn1)c1cccnc1OC. The first-order valence-corrected chi connectivity index (χ1v) is 6.32. The van der Waals surface area contributed by atoms with Crippen LogP contribution in [-0.4, -0.2) is 33.6 Å². The molecule has 0 fully saturated rings. The minimum absolute atomic E-state index is 0.116. The number of hydrogen-bond acceptors (Lipinski definition) is 5. The second-order valence-corrected chi connectivity index (χ2v) is 4.30. The van der Waals surface area contributed by atoms with Gasteiger partial charge in [-0.3, -0.25) is 4.68 Å². The first-order valence-electron chi connectivity index (χ1n) is 6.32. The molecule has 0 bridgehead atoms. The molecule has 0 aliphatic carbocycles. The van der Waals surface area contributed by atoms with Gasteiger partial charge in [0.05, 0.1) is 12.8 Å². The van der Waals surface area contributed by atoms with Crippen molar-refractivity contribution in [1.29, 1.82) is 0 Å². The van der Waals surface area contributed by atoms with Gasteiger partial charge in [-0.25, -0.2) is 4.98 Å². The van der Waals surface area contributed by atoms with Crippen molar-refractivity contribution in [3.8, 4) is 5.88 Å². The van der Waals surface area contributed by atoms with Crippen LogP contribution in [0.25, 0.3) is 0 Å². The van der Waals surface area contributed by atoms with E-state index in [4.69, 9.17) is 4.74 Å². The van der Waals surface area contributed by atoms with Crippen LogP contribution in [0.3, 0.4) is 0 Å². The molecule has 19 heavy (non-hydrogen) atoms. The van der Waals surface area contributed by atoms with Crippen LogP contribution in [0, 0.1) is 0 Å². The fraction of sp³-hybridized carbons (Fsp3) is 0.462. The fourth-order valence-electron chi connectivity index (χ4n) is 2.08. The van der Waals surface area contributed by atoms with Gasteiger partial charge < -0.3 is 10.1 Å². The molecule has 0 radical (unpaired) electrons. The Morgan fingerprint density at radius 2 is 2.32 bits per heavy atom. The van der Waals surface area contributed by atoms with Crippen molar-refractivity contribution >= 4 is 0 Å². The molecule has 6 nitrogen and oxygen atoms in total. The van der Waals surface area contributed by atoms with Gasteiger partial charge in [-0.2, -0.15) is 0 Å². The van der Waals surface area contributed by atoms with Crippen LogP contribution in [-0.2, 0) is 13.5 Å². The molecule has 0 aliphatic rings. The lowest BCUT2D eigenvalue weighted by atomic mass is 10.0. The van der Waals surface area contributed by atoms with Crippen LogP contribution < -0.4 is 10.1 Å². The average Bonchev–Trinajstić information content (AvgIpc) is 2.84. The Morgan fingerprint density at radius 1 is 1.47 bits per heavy atom.